The Kier molecular flexibility index (Phi) is 6.69. The number of nitrogens with one attached hydrogen (secondary N) is 1. The van der Waals surface area contributed by atoms with Gasteiger partial charge >= 0.3 is 0 Å². The molecule has 1 aliphatic rings. The Hall–Kier alpha value is -3.68. The Labute approximate surface area is 180 Å². The van der Waals surface area contributed by atoms with Crippen LogP contribution in [0.1, 0.15) is 59.0 Å². The van der Waals surface area contributed by atoms with Gasteiger partial charge in [-0.1, -0.05) is 25.1 Å². The van der Waals surface area contributed by atoms with Crippen LogP contribution in [0.25, 0.3) is 0 Å². The number of ether oxygens (including phenoxy) is 2. The number of rotatable bonds is 8. The van der Waals surface area contributed by atoms with Gasteiger partial charge in [0, 0.05) is 6.42 Å². The van der Waals surface area contributed by atoms with Gasteiger partial charge in [0.1, 0.15) is 0 Å². The summed E-state index contributed by atoms with van der Waals surface area (Å²) in [6.45, 7) is 3.82. The quantitative estimate of drug-likeness (QED) is 0.654. The second-order valence-corrected chi connectivity index (χ2v) is 6.91. The van der Waals surface area contributed by atoms with Gasteiger partial charge in [0.25, 0.3) is 11.8 Å². The standard InChI is InChI=1S/C23H24N2O6/c1-4-20(26)24-21(27)13-17(14-10-11-18(30-3)19(12-14)31-5-2)25-22(28)15-8-6-7-9-16(15)23(25)29/h6-12,17H,4-5,13H2,1-3H3,(H,24,26,27). The van der Waals surface area contributed by atoms with Gasteiger partial charge in [-0.15, -0.1) is 0 Å². The first kappa shape index (κ1) is 22.0. The molecular weight excluding hydrogens is 400 g/mol. The van der Waals surface area contributed by atoms with Crippen molar-refractivity contribution in [1.82, 2.24) is 10.2 Å². The van der Waals surface area contributed by atoms with Crippen LogP contribution in [0.3, 0.4) is 0 Å². The molecule has 162 valence electrons. The SMILES string of the molecule is CCOc1cc(C(CC(=O)NC(=O)CC)N2C(=O)c3ccccc3C2=O)ccc1OC. The highest BCUT2D eigenvalue weighted by Crippen LogP contribution is 2.37. The zero-order valence-electron chi connectivity index (χ0n) is 17.6. The van der Waals surface area contributed by atoms with Crippen molar-refractivity contribution >= 4 is 23.6 Å². The van der Waals surface area contributed by atoms with E-state index in [1.54, 1.807) is 49.4 Å². The van der Waals surface area contributed by atoms with Crippen LogP contribution in [0.5, 0.6) is 11.5 Å². The topological polar surface area (TPSA) is 102 Å². The van der Waals surface area contributed by atoms with Crippen molar-refractivity contribution in [3.05, 3.63) is 59.2 Å². The number of amides is 4. The molecule has 1 N–H and O–H groups in total. The molecule has 8 heteroatoms. The first-order valence-electron chi connectivity index (χ1n) is 10.0. The lowest BCUT2D eigenvalue weighted by atomic mass is 10.0. The predicted molar refractivity (Wildman–Crippen MR) is 112 cm³/mol. The number of imide groups is 2. The molecule has 31 heavy (non-hydrogen) atoms. The molecule has 3 rings (SSSR count). The van der Waals surface area contributed by atoms with Crippen LogP contribution in [0, 0.1) is 0 Å². The fourth-order valence-corrected chi connectivity index (χ4v) is 3.49. The first-order valence-corrected chi connectivity index (χ1v) is 10.0. The van der Waals surface area contributed by atoms with E-state index in [2.05, 4.69) is 5.32 Å². The third kappa shape index (κ3) is 4.42. The van der Waals surface area contributed by atoms with Crippen molar-refractivity contribution in [2.24, 2.45) is 0 Å². The molecule has 4 amide bonds. The second-order valence-electron chi connectivity index (χ2n) is 6.91. The van der Waals surface area contributed by atoms with Crippen molar-refractivity contribution in [2.75, 3.05) is 13.7 Å². The van der Waals surface area contributed by atoms with Crippen molar-refractivity contribution in [3.63, 3.8) is 0 Å². The Morgan fingerprint density at radius 3 is 2.16 bits per heavy atom. The van der Waals surface area contributed by atoms with Crippen LogP contribution in [0.15, 0.2) is 42.5 Å². The van der Waals surface area contributed by atoms with E-state index in [0.29, 0.717) is 23.7 Å². The maximum absolute atomic E-state index is 13.1. The molecule has 1 atom stereocenters. The normalized spacial score (nSPS) is 13.6. The maximum Gasteiger partial charge on any atom is 0.262 e. The van der Waals surface area contributed by atoms with Gasteiger partial charge in [-0.2, -0.15) is 0 Å². The lowest BCUT2D eigenvalue weighted by Crippen LogP contribution is -2.39. The Morgan fingerprint density at radius 2 is 1.61 bits per heavy atom. The summed E-state index contributed by atoms with van der Waals surface area (Å²) in [4.78, 5) is 51.4. The molecule has 1 aliphatic heterocycles. The van der Waals surface area contributed by atoms with Crippen molar-refractivity contribution < 1.29 is 28.7 Å². The van der Waals surface area contributed by atoms with E-state index in [0.717, 1.165) is 4.90 Å². The van der Waals surface area contributed by atoms with E-state index in [9.17, 15) is 19.2 Å². The maximum atomic E-state index is 13.1. The molecule has 0 bridgehead atoms. The van der Waals surface area contributed by atoms with E-state index in [1.165, 1.54) is 7.11 Å². The largest absolute Gasteiger partial charge is 0.493 e. The van der Waals surface area contributed by atoms with Gasteiger partial charge in [0.05, 0.1) is 37.3 Å². The molecule has 2 aromatic carbocycles. The summed E-state index contributed by atoms with van der Waals surface area (Å²) in [5.74, 6) is -1.09. The second kappa shape index (κ2) is 9.42. The zero-order chi connectivity index (χ0) is 22.5. The third-order valence-electron chi connectivity index (χ3n) is 4.99. The Balaban J connectivity index is 2.03. The Bertz CT molecular complexity index is 997. The fourth-order valence-electron chi connectivity index (χ4n) is 3.49. The van der Waals surface area contributed by atoms with Gasteiger partial charge in [-0.3, -0.25) is 29.4 Å². The van der Waals surface area contributed by atoms with Crippen LogP contribution in [0.2, 0.25) is 0 Å². The molecule has 0 spiro atoms. The molecule has 0 fully saturated rings. The third-order valence-corrected chi connectivity index (χ3v) is 4.99. The van der Waals surface area contributed by atoms with E-state index >= 15 is 0 Å². The molecule has 0 radical (unpaired) electrons. The van der Waals surface area contributed by atoms with Crippen LogP contribution in [-0.2, 0) is 9.59 Å². The Morgan fingerprint density at radius 1 is 0.968 bits per heavy atom. The van der Waals surface area contributed by atoms with Crippen LogP contribution in [0.4, 0.5) is 0 Å². The summed E-state index contributed by atoms with van der Waals surface area (Å²) in [6.07, 6.45) is -0.129. The number of methoxy groups -OCH3 is 1. The van der Waals surface area contributed by atoms with Gasteiger partial charge in [0.2, 0.25) is 11.8 Å². The highest BCUT2D eigenvalue weighted by Gasteiger charge is 2.41. The van der Waals surface area contributed by atoms with E-state index < -0.39 is 29.7 Å². The smallest absolute Gasteiger partial charge is 0.262 e. The van der Waals surface area contributed by atoms with E-state index in [-0.39, 0.29) is 24.0 Å². The van der Waals surface area contributed by atoms with Gasteiger partial charge in [0.15, 0.2) is 11.5 Å². The minimum atomic E-state index is -0.929. The monoisotopic (exact) mass is 424 g/mol. The number of hydrogen-bond acceptors (Lipinski definition) is 6. The minimum Gasteiger partial charge on any atom is -0.493 e. The molecule has 0 aliphatic carbocycles. The highest BCUT2D eigenvalue weighted by molar-refractivity contribution is 6.21. The number of carbonyl (C=O) groups is 4. The predicted octanol–water partition coefficient (Wildman–Crippen LogP) is 2.87. The first-order chi connectivity index (χ1) is 14.9. The molecule has 1 heterocycles. The summed E-state index contributed by atoms with van der Waals surface area (Å²) in [5.41, 5.74) is 1.07. The van der Waals surface area contributed by atoms with E-state index in [4.69, 9.17) is 9.47 Å². The number of carbonyl (C=O) groups excluding carboxylic acids is 4. The summed E-state index contributed by atoms with van der Waals surface area (Å²) >= 11 is 0. The molecule has 8 nitrogen and oxygen atoms in total. The van der Waals surface area contributed by atoms with Crippen molar-refractivity contribution in [1.29, 1.82) is 0 Å². The highest BCUT2D eigenvalue weighted by atomic mass is 16.5. The fraction of sp³-hybridized carbons (Fsp3) is 0.304. The van der Waals surface area contributed by atoms with Crippen LogP contribution >= 0.6 is 0 Å². The lowest BCUT2D eigenvalue weighted by molar-refractivity contribution is -0.130. The molecular formula is C23H24N2O6. The van der Waals surface area contributed by atoms with E-state index in [1.807, 2.05) is 6.92 Å². The average Bonchev–Trinajstić information content (AvgIpc) is 3.02. The minimum absolute atomic E-state index is 0.139. The van der Waals surface area contributed by atoms with Crippen molar-refractivity contribution in [3.8, 4) is 11.5 Å². The molecule has 0 saturated heterocycles. The molecule has 1 unspecified atom stereocenters. The summed E-state index contributed by atoms with van der Waals surface area (Å²) in [7, 11) is 1.50. The average molecular weight is 424 g/mol. The molecule has 0 saturated carbocycles. The number of hydrogen-bond donors (Lipinski definition) is 1. The summed E-state index contributed by atoms with van der Waals surface area (Å²) < 4.78 is 10.9. The van der Waals surface area contributed by atoms with Gasteiger partial charge in [-0.05, 0) is 36.8 Å². The lowest BCUT2D eigenvalue weighted by Gasteiger charge is -2.27. The summed E-state index contributed by atoms with van der Waals surface area (Å²) in [5, 5.41) is 2.28. The number of nitrogens with zero attached hydrogens (tertiary/aromatic N) is 1. The zero-order valence-corrected chi connectivity index (χ0v) is 17.6. The van der Waals surface area contributed by atoms with Crippen LogP contribution < -0.4 is 14.8 Å². The van der Waals surface area contributed by atoms with Gasteiger partial charge < -0.3 is 9.47 Å². The van der Waals surface area contributed by atoms with Gasteiger partial charge in [-0.25, -0.2) is 0 Å². The van der Waals surface area contributed by atoms with Crippen LogP contribution in [-0.4, -0.2) is 42.2 Å². The molecule has 0 aromatic heterocycles. The molecule has 2 aromatic rings. The number of fused-ring (bicyclic) bond motifs is 1. The van der Waals surface area contributed by atoms with Crippen molar-refractivity contribution in [2.45, 2.75) is 32.7 Å². The summed E-state index contributed by atoms with van der Waals surface area (Å²) in [6, 6.07) is 10.5. The number of benzene rings is 2.